The van der Waals surface area contributed by atoms with E-state index in [1.165, 1.54) is 0 Å². The van der Waals surface area contributed by atoms with Gasteiger partial charge in [0.1, 0.15) is 6.04 Å². The number of hydrogen-bond acceptors (Lipinski definition) is 4. The number of ether oxygens (including phenoxy) is 1. The average molecular weight is 298 g/mol. The first-order chi connectivity index (χ1) is 9.99. The third-order valence-corrected chi connectivity index (χ3v) is 4.20. The van der Waals surface area contributed by atoms with E-state index < -0.39 is 17.9 Å². The Balaban J connectivity index is 1.81. The van der Waals surface area contributed by atoms with Crippen LogP contribution in [0.15, 0.2) is 0 Å². The van der Waals surface area contributed by atoms with Crippen molar-refractivity contribution in [2.75, 3.05) is 26.3 Å². The van der Waals surface area contributed by atoms with Crippen LogP contribution in [0.3, 0.4) is 0 Å². The number of carbonyl (C=O) groups is 3. The number of nitrogens with one attached hydrogen (secondary N) is 1. The van der Waals surface area contributed by atoms with E-state index in [4.69, 9.17) is 9.84 Å². The summed E-state index contributed by atoms with van der Waals surface area (Å²) in [7, 11) is 0. The Hall–Kier alpha value is -1.63. The summed E-state index contributed by atoms with van der Waals surface area (Å²) >= 11 is 0. The van der Waals surface area contributed by atoms with E-state index >= 15 is 0 Å². The van der Waals surface area contributed by atoms with Crippen molar-refractivity contribution in [3.05, 3.63) is 0 Å². The van der Waals surface area contributed by atoms with Gasteiger partial charge in [0.15, 0.2) is 0 Å². The van der Waals surface area contributed by atoms with Gasteiger partial charge in [-0.25, -0.2) is 0 Å². The van der Waals surface area contributed by atoms with Crippen LogP contribution in [0.5, 0.6) is 0 Å². The highest BCUT2D eigenvalue weighted by molar-refractivity contribution is 5.88. The summed E-state index contributed by atoms with van der Waals surface area (Å²) in [6, 6.07) is -0.584. The molecule has 1 saturated heterocycles. The Morgan fingerprint density at radius 2 is 1.81 bits per heavy atom. The first-order valence-electron chi connectivity index (χ1n) is 7.38. The van der Waals surface area contributed by atoms with E-state index in [1.54, 1.807) is 11.8 Å². The van der Waals surface area contributed by atoms with Crippen LogP contribution in [0.1, 0.15) is 26.2 Å². The van der Waals surface area contributed by atoms with Crippen molar-refractivity contribution in [3.8, 4) is 0 Å². The second-order valence-electron chi connectivity index (χ2n) is 5.71. The van der Waals surface area contributed by atoms with Crippen molar-refractivity contribution >= 4 is 17.8 Å². The summed E-state index contributed by atoms with van der Waals surface area (Å²) in [6.45, 7) is 3.80. The molecule has 118 valence electrons. The summed E-state index contributed by atoms with van der Waals surface area (Å²) < 4.78 is 5.19. The van der Waals surface area contributed by atoms with Gasteiger partial charge in [-0.1, -0.05) is 0 Å². The lowest BCUT2D eigenvalue weighted by Gasteiger charge is -2.29. The van der Waals surface area contributed by atoms with Crippen molar-refractivity contribution in [2.45, 2.75) is 32.2 Å². The van der Waals surface area contributed by atoms with E-state index in [2.05, 4.69) is 5.32 Å². The first-order valence-corrected chi connectivity index (χ1v) is 7.38. The number of aliphatic carboxylic acids is 1. The van der Waals surface area contributed by atoms with E-state index in [-0.39, 0.29) is 17.7 Å². The lowest BCUT2D eigenvalue weighted by Crippen LogP contribution is -2.51. The summed E-state index contributed by atoms with van der Waals surface area (Å²) in [5.74, 6) is -1.91. The molecule has 1 heterocycles. The Bertz CT molecular complexity index is 420. The van der Waals surface area contributed by atoms with E-state index in [9.17, 15) is 14.4 Å². The van der Waals surface area contributed by atoms with Crippen LogP contribution in [0.25, 0.3) is 0 Å². The molecule has 2 rings (SSSR count). The second-order valence-corrected chi connectivity index (χ2v) is 5.71. The number of rotatable bonds is 4. The largest absolute Gasteiger partial charge is 0.481 e. The summed E-state index contributed by atoms with van der Waals surface area (Å²) in [5, 5.41) is 11.7. The molecule has 3 atom stereocenters. The number of carbonyl (C=O) groups excluding carboxylic acids is 2. The Morgan fingerprint density at radius 3 is 2.38 bits per heavy atom. The van der Waals surface area contributed by atoms with E-state index in [0.717, 1.165) is 0 Å². The molecule has 0 aromatic heterocycles. The highest BCUT2D eigenvalue weighted by atomic mass is 16.5. The molecule has 0 aromatic carbocycles. The second kappa shape index (κ2) is 6.89. The molecule has 1 aliphatic carbocycles. The van der Waals surface area contributed by atoms with E-state index in [0.29, 0.717) is 45.6 Å². The summed E-state index contributed by atoms with van der Waals surface area (Å²) in [6.07, 6.45) is 1.46. The van der Waals surface area contributed by atoms with Crippen LogP contribution >= 0.6 is 0 Å². The number of carboxylic acid groups (broad SMARTS) is 1. The van der Waals surface area contributed by atoms with Crippen molar-refractivity contribution in [1.82, 2.24) is 10.2 Å². The summed E-state index contributed by atoms with van der Waals surface area (Å²) in [5.41, 5.74) is 0. The van der Waals surface area contributed by atoms with Crippen LogP contribution in [-0.2, 0) is 19.1 Å². The smallest absolute Gasteiger partial charge is 0.306 e. The fraction of sp³-hybridized carbons (Fsp3) is 0.786. The van der Waals surface area contributed by atoms with Gasteiger partial charge in [-0.05, 0) is 26.2 Å². The number of carboxylic acids is 1. The van der Waals surface area contributed by atoms with Crippen LogP contribution in [0.2, 0.25) is 0 Å². The predicted molar refractivity (Wildman–Crippen MR) is 73.5 cm³/mol. The average Bonchev–Trinajstić information content (AvgIpc) is 2.97. The zero-order valence-corrected chi connectivity index (χ0v) is 12.2. The standard InChI is InChI=1S/C14H22N2O5/c1-9(13(18)16-4-6-21-7-5-16)15-12(17)10-2-3-11(8-10)14(19)20/h9-11H,2-8H2,1H3,(H,15,17)(H,19,20). The quantitative estimate of drug-likeness (QED) is 0.752. The number of amides is 2. The molecule has 7 nitrogen and oxygen atoms in total. The van der Waals surface area contributed by atoms with Crippen LogP contribution in [0, 0.1) is 11.8 Å². The molecule has 0 radical (unpaired) electrons. The molecule has 1 saturated carbocycles. The normalized spacial score (nSPS) is 27.2. The van der Waals surface area contributed by atoms with Gasteiger partial charge in [0, 0.05) is 19.0 Å². The van der Waals surface area contributed by atoms with Crippen molar-refractivity contribution in [3.63, 3.8) is 0 Å². The topological polar surface area (TPSA) is 95.9 Å². The van der Waals surface area contributed by atoms with Crippen molar-refractivity contribution in [1.29, 1.82) is 0 Å². The molecule has 7 heteroatoms. The first kappa shape index (κ1) is 15.8. The Labute approximate surface area is 123 Å². The van der Waals surface area contributed by atoms with Crippen LogP contribution < -0.4 is 5.32 Å². The third kappa shape index (κ3) is 3.93. The van der Waals surface area contributed by atoms with Crippen LogP contribution in [0.4, 0.5) is 0 Å². The molecular formula is C14H22N2O5. The molecule has 0 spiro atoms. The maximum atomic E-state index is 12.2. The molecule has 2 fully saturated rings. The molecular weight excluding hydrogens is 276 g/mol. The highest BCUT2D eigenvalue weighted by Crippen LogP contribution is 2.31. The zero-order chi connectivity index (χ0) is 15.4. The number of morpholine rings is 1. The Morgan fingerprint density at radius 1 is 1.19 bits per heavy atom. The predicted octanol–water partition coefficient (Wildman–Crippen LogP) is -0.149. The van der Waals surface area contributed by atoms with Gasteiger partial charge in [0.05, 0.1) is 19.1 Å². The minimum atomic E-state index is -0.845. The molecule has 1 aliphatic heterocycles. The summed E-state index contributed by atoms with van der Waals surface area (Å²) in [4.78, 5) is 36.9. The molecule has 0 bridgehead atoms. The monoisotopic (exact) mass is 298 g/mol. The lowest BCUT2D eigenvalue weighted by atomic mass is 10.0. The Kier molecular flexibility index (Phi) is 5.17. The SMILES string of the molecule is CC(NC(=O)C1CCC(C(=O)O)C1)C(=O)N1CCOCC1. The van der Waals surface area contributed by atoms with Gasteiger partial charge in [-0.3, -0.25) is 14.4 Å². The molecule has 0 aromatic rings. The third-order valence-electron chi connectivity index (χ3n) is 4.20. The van der Waals surface area contributed by atoms with Crippen molar-refractivity contribution < 1.29 is 24.2 Å². The maximum absolute atomic E-state index is 12.2. The van der Waals surface area contributed by atoms with Gasteiger partial charge in [0.2, 0.25) is 11.8 Å². The number of nitrogens with zero attached hydrogens (tertiary/aromatic N) is 1. The zero-order valence-electron chi connectivity index (χ0n) is 12.2. The van der Waals surface area contributed by atoms with Crippen LogP contribution in [-0.4, -0.2) is 60.1 Å². The van der Waals surface area contributed by atoms with Gasteiger partial charge in [-0.2, -0.15) is 0 Å². The van der Waals surface area contributed by atoms with Gasteiger partial charge in [-0.15, -0.1) is 0 Å². The lowest BCUT2D eigenvalue weighted by molar-refractivity contribution is -0.142. The molecule has 2 aliphatic rings. The molecule has 21 heavy (non-hydrogen) atoms. The van der Waals surface area contributed by atoms with E-state index in [1.807, 2.05) is 0 Å². The fourth-order valence-corrected chi connectivity index (χ4v) is 2.89. The van der Waals surface area contributed by atoms with Gasteiger partial charge >= 0.3 is 5.97 Å². The maximum Gasteiger partial charge on any atom is 0.306 e. The van der Waals surface area contributed by atoms with Gasteiger partial charge in [0.25, 0.3) is 0 Å². The molecule has 2 amide bonds. The molecule has 3 unspecified atom stereocenters. The van der Waals surface area contributed by atoms with Crippen molar-refractivity contribution in [2.24, 2.45) is 11.8 Å². The molecule has 2 N–H and O–H groups in total. The minimum Gasteiger partial charge on any atom is -0.481 e. The highest BCUT2D eigenvalue weighted by Gasteiger charge is 2.35. The minimum absolute atomic E-state index is 0.112. The van der Waals surface area contributed by atoms with Gasteiger partial charge < -0.3 is 20.1 Å². The fourth-order valence-electron chi connectivity index (χ4n) is 2.89. The number of hydrogen-bond donors (Lipinski definition) is 2.